The van der Waals surface area contributed by atoms with Gasteiger partial charge >= 0.3 is 0 Å². The summed E-state index contributed by atoms with van der Waals surface area (Å²) < 4.78 is 11.1. The number of guanidine groups is 1. The monoisotopic (exact) mass is 370 g/mol. The van der Waals surface area contributed by atoms with Crippen molar-refractivity contribution in [2.75, 3.05) is 26.8 Å². The Hall–Kier alpha value is -2.60. The molecule has 0 aliphatic carbocycles. The lowest BCUT2D eigenvalue weighted by atomic mass is 10.2. The van der Waals surface area contributed by atoms with E-state index in [1.54, 1.807) is 13.3 Å². The van der Waals surface area contributed by atoms with Crippen LogP contribution in [0.25, 0.3) is 0 Å². The van der Waals surface area contributed by atoms with Gasteiger partial charge in [0.2, 0.25) is 5.88 Å². The molecule has 27 heavy (non-hydrogen) atoms. The molecule has 0 bridgehead atoms. The summed E-state index contributed by atoms with van der Waals surface area (Å²) in [5.74, 6) is 1.75. The van der Waals surface area contributed by atoms with E-state index in [2.05, 4.69) is 39.7 Å². The minimum Gasteiger partial charge on any atom is -0.481 e. The predicted molar refractivity (Wildman–Crippen MR) is 109 cm³/mol. The molecule has 0 saturated heterocycles. The molecule has 1 aromatic carbocycles. The normalized spacial score (nSPS) is 12.5. The summed E-state index contributed by atoms with van der Waals surface area (Å²) in [6.45, 7) is 7.63. The van der Waals surface area contributed by atoms with Crippen molar-refractivity contribution in [1.29, 1.82) is 0 Å². The number of benzene rings is 1. The maximum atomic E-state index is 5.81. The Morgan fingerprint density at radius 1 is 1.15 bits per heavy atom. The first-order valence-corrected chi connectivity index (χ1v) is 9.34. The zero-order valence-corrected chi connectivity index (χ0v) is 16.4. The van der Waals surface area contributed by atoms with Gasteiger partial charge in [0, 0.05) is 24.8 Å². The van der Waals surface area contributed by atoms with E-state index in [0.29, 0.717) is 31.6 Å². The molecule has 1 aromatic heterocycles. The van der Waals surface area contributed by atoms with Gasteiger partial charge in [-0.25, -0.2) is 9.98 Å². The van der Waals surface area contributed by atoms with Crippen LogP contribution in [-0.4, -0.2) is 37.7 Å². The molecule has 0 saturated carbocycles. The Morgan fingerprint density at radius 3 is 2.70 bits per heavy atom. The molecule has 0 fully saturated rings. The molecular weight excluding hydrogens is 340 g/mol. The number of pyridine rings is 1. The second kappa shape index (κ2) is 11.9. The highest BCUT2D eigenvalue weighted by Crippen LogP contribution is 2.14. The van der Waals surface area contributed by atoms with Crippen LogP contribution in [0.5, 0.6) is 5.88 Å². The largest absolute Gasteiger partial charge is 0.481 e. The Bertz CT molecular complexity index is 692. The second-order valence-electron chi connectivity index (χ2n) is 6.35. The number of aliphatic imine (C=N–C) groups is 1. The lowest BCUT2D eigenvalue weighted by Crippen LogP contribution is -2.40. The fourth-order valence-electron chi connectivity index (χ4n) is 2.52. The van der Waals surface area contributed by atoms with Gasteiger partial charge in [-0.3, -0.25) is 0 Å². The number of hydrogen-bond donors (Lipinski definition) is 2. The molecule has 1 heterocycles. The zero-order valence-electron chi connectivity index (χ0n) is 16.4. The van der Waals surface area contributed by atoms with Gasteiger partial charge in [0.25, 0.3) is 0 Å². The van der Waals surface area contributed by atoms with Crippen LogP contribution in [0.2, 0.25) is 0 Å². The molecule has 6 heteroatoms. The maximum absolute atomic E-state index is 5.81. The van der Waals surface area contributed by atoms with E-state index >= 15 is 0 Å². The van der Waals surface area contributed by atoms with Crippen molar-refractivity contribution in [3.63, 3.8) is 0 Å². The molecule has 1 atom stereocenters. The summed E-state index contributed by atoms with van der Waals surface area (Å²) in [7, 11) is 1.62. The van der Waals surface area contributed by atoms with Crippen LogP contribution < -0.4 is 15.4 Å². The first-order chi connectivity index (χ1) is 13.2. The summed E-state index contributed by atoms with van der Waals surface area (Å²) >= 11 is 0. The number of hydrogen-bond acceptors (Lipinski definition) is 4. The summed E-state index contributed by atoms with van der Waals surface area (Å²) in [5, 5.41) is 6.64. The van der Waals surface area contributed by atoms with Crippen molar-refractivity contribution in [3.05, 3.63) is 59.8 Å². The summed E-state index contributed by atoms with van der Waals surface area (Å²) in [5.41, 5.74) is 2.15. The standard InChI is InChI=1S/C21H30N4O2/c1-4-22-21(25-14-19-11-8-12-23-20(19)26-3)24-13-17(2)15-27-16-18-9-6-5-7-10-18/h5-12,17H,4,13-16H2,1-3H3,(H2,22,24,25). The first-order valence-electron chi connectivity index (χ1n) is 9.34. The molecule has 146 valence electrons. The van der Waals surface area contributed by atoms with E-state index in [1.807, 2.05) is 37.3 Å². The Balaban J connectivity index is 1.78. The average Bonchev–Trinajstić information content (AvgIpc) is 2.71. The van der Waals surface area contributed by atoms with E-state index in [9.17, 15) is 0 Å². The van der Waals surface area contributed by atoms with Crippen molar-refractivity contribution in [2.24, 2.45) is 10.9 Å². The fourth-order valence-corrected chi connectivity index (χ4v) is 2.52. The van der Waals surface area contributed by atoms with Crippen LogP contribution in [0.4, 0.5) is 0 Å². The van der Waals surface area contributed by atoms with Gasteiger partial charge in [-0.2, -0.15) is 0 Å². The maximum Gasteiger partial charge on any atom is 0.218 e. The molecule has 0 aliphatic heterocycles. The molecule has 2 rings (SSSR count). The number of nitrogens with one attached hydrogen (secondary N) is 2. The second-order valence-corrected chi connectivity index (χ2v) is 6.35. The van der Waals surface area contributed by atoms with E-state index in [0.717, 1.165) is 24.6 Å². The Morgan fingerprint density at radius 2 is 1.96 bits per heavy atom. The van der Waals surface area contributed by atoms with Gasteiger partial charge in [0.05, 0.1) is 26.9 Å². The highest BCUT2D eigenvalue weighted by molar-refractivity contribution is 5.79. The topological polar surface area (TPSA) is 67.8 Å². The van der Waals surface area contributed by atoms with Crippen molar-refractivity contribution >= 4 is 5.96 Å². The first kappa shape index (κ1) is 20.7. The summed E-state index contributed by atoms with van der Waals surface area (Å²) in [6, 6.07) is 14.1. The quantitative estimate of drug-likeness (QED) is 0.497. The third kappa shape index (κ3) is 7.66. The summed E-state index contributed by atoms with van der Waals surface area (Å²) in [4.78, 5) is 8.83. The van der Waals surface area contributed by atoms with Crippen LogP contribution in [0, 0.1) is 5.92 Å². The minimum atomic E-state index is 0.366. The molecule has 0 amide bonds. The molecule has 2 aromatic rings. The number of ether oxygens (including phenoxy) is 2. The molecule has 1 unspecified atom stereocenters. The van der Waals surface area contributed by atoms with Crippen molar-refractivity contribution in [3.8, 4) is 5.88 Å². The van der Waals surface area contributed by atoms with Gasteiger partial charge in [0.1, 0.15) is 0 Å². The third-order valence-corrected chi connectivity index (χ3v) is 3.93. The van der Waals surface area contributed by atoms with Crippen LogP contribution in [0.1, 0.15) is 25.0 Å². The van der Waals surface area contributed by atoms with E-state index in [1.165, 1.54) is 5.56 Å². The Kier molecular flexibility index (Phi) is 9.13. The van der Waals surface area contributed by atoms with Gasteiger partial charge < -0.3 is 20.1 Å². The van der Waals surface area contributed by atoms with E-state index < -0.39 is 0 Å². The predicted octanol–water partition coefficient (Wildman–Crippen LogP) is 3.00. The molecule has 0 aliphatic rings. The number of rotatable bonds is 10. The van der Waals surface area contributed by atoms with Crippen molar-refractivity contribution in [2.45, 2.75) is 27.0 Å². The molecule has 0 spiro atoms. The van der Waals surface area contributed by atoms with Gasteiger partial charge in [-0.15, -0.1) is 0 Å². The molecule has 6 nitrogen and oxygen atoms in total. The number of methoxy groups -OCH3 is 1. The summed E-state index contributed by atoms with van der Waals surface area (Å²) in [6.07, 6.45) is 1.71. The highest BCUT2D eigenvalue weighted by atomic mass is 16.5. The van der Waals surface area contributed by atoms with Gasteiger partial charge in [0.15, 0.2) is 5.96 Å². The van der Waals surface area contributed by atoms with Gasteiger partial charge in [-0.1, -0.05) is 43.3 Å². The average molecular weight is 370 g/mol. The number of nitrogens with zero attached hydrogens (tertiary/aromatic N) is 2. The van der Waals surface area contributed by atoms with Crippen LogP contribution in [0.15, 0.2) is 53.7 Å². The minimum absolute atomic E-state index is 0.366. The highest BCUT2D eigenvalue weighted by Gasteiger charge is 2.06. The SMILES string of the molecule is CCNC(=NCc1cccnc1OC)NCC(C)COCc1ccccc1. The lowest BCUT2D eigenvalue weighted by molar-refractivity contribution is 0.0931. The van der Waals surface area contributed by atoms with Crippen molar-refractivity contribution < 1.29 is 9.47 Å². The molecule has 0 radical (unpaired) electrons. The van der Waals surface area contributed by atoms with E-state index in [4.69, 9.17) is 9.47 Å². The fraction of sp³-hybridized carbons (Fsp3) is 0.429. The smallest absolute Gasteiger partial charge is 0.218 e. The van der Waals surface area contributed by atoms with Gasteiger partial charge in [-0.05, 0) is 24.5 Å². The molecule has 2 N–H and O–H groups in total. The van der Waals surface area contributed by atoms with Crippen LogP contribution in [-0.2, 0) is 17.9 Å². The molecular formula is C21H30N4O2. The van der Waals surface area contributed by atoms with Crippen molar-refractivity contribution in [1.82, 2.24) is 15.6 Å². The lowest BCUT2D eigenvalue weighted by Gasteiger charge is -2.16. The third-order valence-electron chi connectivity index (χ3n) is 3.93. The van der Waals surface area contributed by atoms with E-state index in [-0.39, 0.29) is 0 Å². The number of aromatic nitrogens is 1. The van der Waals surface area contributed by atoms with Crippen LogP contribution in [0.3, 0.4) is 0 Å². The Labute approximate surface area is 162 Å². The van der Waals surface area contributed by atoms with Crippen LogP contribution >= 0.6 is 0 Å². The zero-order chi connectivity index (χ0) is 19.3.